The number of hydrogen-bond acceptors (Lipinski definition) is 4. The van der Waals surface area contributed by atoms with Gasteiger partial charge in [0.15, 0.2) is 5.03 Å². The molecule has 6 nitrogen and oxygen atoms in total. The third kappa shape index (κ3) is 2.53. The zero-order valence-corrected chi connectivity index (χ0v) is 9.00. The summed E-state index contributed by atoms with van der Waals surface area (Å²) in [6, 6.07) is 1.46. The standard InChI is InChI=1S/C7H14N4O2S/c1-8-5-6-10-14(12,13)7-3-4-9-11(7)2/h3-4,8,10H,5-6H2,1-2H3. The fraction of sp³-hybridized carbons (Fsp3) is 0.571. The summed E-state index contributed by atoms with van der Waals surface area (Å²) in [5.41, 5.74) is 0. The van der Waals surface area contributed by atoms with Crippen molar-refractivity contribution in [3.05, 3.63) is 12.3 Å². The minimum absolute atomic E-state index is 0.175. The fourth-order valence-corrected chi connectivity index (χ4v) is 2.16. The summed E-state index contributed by atoms with van der Waals surface area (Å²) in [6.07, 6.45) is 1.45. The molecule has 0 aliphatic heterocycles. The highest BCUT2D eigenvalue weighted by Crippen LogP contribution is 2.04. The van der Waals surface area contributed by atoms with E-state index in [1.54, 1.807) is 14.1 Å². The van der Waals surface area contributed by atoms with Crippen LogP contribution in [0.5, 0.6) is 0 Å². The zero-order valence-electron chi connectivity index (χ0n) is 8.19. The van der Waals surface area contributed by atoms with Crippen molar-refractivity contribution >= 4 is 10.0 Å². The van der Waals surface area contributed by atoms with E-state index in [0.29, 0.717) is 13.1 Å². The van der Waals surface area contributed by atoms with Crippen molar-refractivity contribution in [2.24, 2.45) is 7.05 Å². The van der Waals surface area contributed by atoms with E-state index in [1.165, 1.54) is 16.9 Å². The molecular formula is C7H14N4O2S. The Morgan fingerprint density at radius 2 is 2.21 bits per heavy atom. The lowest BCUT2D eigenvalue weighted by Crippen LogP contribution is -2.31. The van der Waals surface area contributed by atoms with Crippen LogP contribution < -0.4 is 10.0 Å². The summed E-state index contributed by atoms with van der Waals surface area (Å²) in [7, 11) is -0.0572. The number of rotatable bonds is 5. The summed E-state index contributed by atoms with van der Waals surface area (Å²) < 4.78 is 27.0. The second kappa shape index (κ2) is 4.54. The highest BCUT2D eigenvalue weighted by molar-refractivity contribution is 7.89. The van der Waals surface area contributed by atoms with E-state index < -0.39 is 10.0 Å². The molecule has 14 heavy (non-hydrogen) atoms. The lowest BCUT2D eigenvalue weighted by atomic mass is 10.7. The summed E-state index contributed by atoms with van der Waals surface area (Å²) in [6.45, 7) is 0.959. The molecule has 1 rings (SSSR count). The summed E-state index contributed by atoms with van der Waals surface area (Å²) >= 11 is 0. The van der Waals surface area contributed by atoms with E-state index in [1.807, 2.05) is 0 Å². The van der Waals surface area contributed by atoms with Gasteiger partial charge in [-0.25, -0.2) is 13.1 Å². The number of nitrogens with zero attached hydrogens (tertiary/aromatic N) is 2. The van der Waals surface area contributed by atoms with Crippen LogP contribution in [0.15, 0.2) is 17.3 Å². The molecule has 0 amide bonds. The van der Waals surface area contributed by atoms with Gasteiger partial charge in [0.1, 0.15) is 0 Å². The van der Waals surface area contributed by atoms with E-state index in [0.717, 1.165) is 0 Å². The van der Waals surface area contributed by atoms with Gasteiger partial charge in [0.2, 0.25) is 0 Å². The van der Waals surface area contributed by atoms with E-state index in [-0.39, 0.29) is 5.03 Å². The number of hydrogen-bond donors (Lipinski definition) is 2. The van der Waals surface area contributed by atoms with Crippen LogP contribution in [0, 0.1) is 0 Å². The van der Waals surface area contributed by atoms with Crippen LogP contribution in [0.1, 0.15) is 0 Å². The second-order valence-corrected chi connectivity index (χ2v) is 4.51. The van der Waals surface area contributed by atoms with Gasteiger partial charge < -0.3 is 5.32 Å². The minimum atomic E-state index is -3.41. The Kier molecular flexibility index (Phi) is 3.62. The average Bonchev–Trinajstić information content (AvgIpc) is 2.52. The minimum Gasteiger partial charge on any atom is -0.318 e. The maximum absolute atomic E-state index is 11.6. The van der Waals surface area contributed by atoms with Crippen LogP contribution in [0.3, 0.4) is 0 Å². The quantitative estimate of drug-likeness (QED) is 0.616. The van der Waals surface area contributed by atoms with Crippen molar-refractivity contribution < 1.29 is 8.42 Å². The summed E-state index contributed by atoms with van der Waals surface area (Å²) in [4.78, 5) is 0. The first-order valence-corrected chi connectivity index (χ1v) is 5.68. The number of nitrogens with one attached hydrogen (secondary N) is 2. The monoisotopic (exact) mass is 218 g/mol. The number of sulfonamides is 1. The fourth-order valence-electron chi connectivity index (χ4n) is 1.01. The van der Waals surface area contributed by atoms with Crippen molar-refractivity contribution in [2.75, 3.05) is 20.1 Å². The predicted molar refractivity (Wildman–Crippen MR) is 52.3 cm³/mol. The zero-order chi connectivity index (χ0) is 10.6. The Balaban J connectivity index is 2.72. The van der Waals surface area contributed by atoms with E-state index >= 15 is 0 Å². The first-order chi connectivity index (χ1) is 6.58. The molecule has 1 aromatic rings. The third-order valence-electron chi connectivity index (χ3n) is 1.72. The predicted octanol–water partition coefficient (Wildman–Crippen LogP) is -1.08. The van der Waals surface area contributed by atoms with Crippen molar-refractivity contribution in [3.63, 3.8) is 0 Å². The molecule has 0 fully saturated rings. The molecule has 0 atom stereocenters. The van der Waals surface area contributed by atoms with Crippen molar-refractivity contribution in [1.82, 2.24) is 19.8 Å². The van der Waals surface area contributed by atoms with Crippen molar-refractivity contribution in [2.45, 2.75) is 5.03 Å². The van der Waals surface area contributed by atoms with Gasteiger partial charge in [-0.3, -0.25) is 4.68 Å². The average molecular weight is 218 g/mol. The maximum atomic E-state index is 11.6. The number of aromatic nitrogens is 2. The molecule has 0 bridgehead atoms. The molecule has 0 aliphatic rings. The number of aryl methyl sites for hydroxylation is 1. The Labute approximate surface area is 83.4 Å². The molecule has 0 spiro atoms. The largest absolute Gasteiger partial charge is 0.318 e. The lowest BCUT2D eigenvalue weighted by Gasteiger charge is -2.05. The van der Waals surface area contributed by atoms with Gasteiger partial charge in [0.25, 0.3) is 10.0 Å². The van der Waals surface area contributed by atoms with Crippen LogP contribution in [0.4, 0.5) is 0 Å². The molecule has 80 valence electrons. The molecule has 7 heteroatoms. The van der Waals surface area contributed by atoms with E-state index in [2.05, 4.69) is 15.1 Å². The first-order valence-electron chi connectivity index (χ1n) is 4.20. The molecule has 0 saturated carbocycles. The van der Waals surface area contributed by atoms with Crippen molar-refractivity contribution in [3.8, 4) is 0 Å². The second-order valence-electron chi connectivity index (χ2n) is 2.79. The molecule has 0 aromatic carbocycles. The molecule has 0 unspecified atom stereocenters. The lowest BCUT2D eigenvalue weighted by molar-refractivity contribution is 0.561. The molecule has 2 N–H and O–H groups in total. The van der Waals surface area contributed by atoms with E-state index in [9.17, 15) is 8.42 Å². The maximum Gasteiger partial charge on any atom is 0.257 e. The molecule has 0 radical (unpaired) electrons. The molecule has 0 saturated heterocycles. The molecular weight excluding hydrogens is 204 g/mol. The van der Waals surface area contributed by atoms with Gasteiger partial charge in [-0.05, 0) is 13.1 Å². The SMILES string of the molecule is CNCCNS(=O)(=O)c1ccnn1C. The number of likely N-dealkylation sites (N-methyl/N-ethyl adjacent to an activating group) is 1. The summed E-state index contributed by atoms with van der Waals surface area (Å²) in [5, 5.41) is 6.82. The van der Waals surface area contributed by atoms with Crippen LogP contribution >= 0.6 is 0 Å². The van der Waals surface area contributed by atoms with Crippen molar-refractivity contribution in [1.29, 1.82) is 0 Å². The van der Waals surface area contributed by atoms with Crippen LogP contribution in [-0.4, -0.2) is 38.3 Å². The first kappa shape index (κ1) is 11.2. The van der Waals surface area contributed by atoms with Crippen LogP contribution in [0.25, 0.3) is 0 Å². The Hall–Kier alpha value is -0.920. The van der Waals surface area contributed by atoms with Gasteiger partial charge in [0, 0.05) is 20.1 Å². The molecule has 1 aromatic heterocycles. The van der Waals surface area contributed by atoms with Gasteiger partial charge in [-0.1, -0.05) is 0 Å². The molecule has 0 aliphatic carbocycles. The topological polar surface area (TPSA) is 76.0 Å². The Morgan fingerprint density at radius 3 is 2.71 bits per heavy atom. The smallest absolute Gasteiger partial charge is 0.257 e. The highest BCUT2D eigenvalue weighted by atomic mass is 32.2. The van der Waals surface area contributed by atoms with Crippen LogP contribution in [0.2, 0.25) is 0 Å². The normalized spacial score (nSPS) is 11.9. The van der Waals surface area contributed by atoms with Crippen LogP contribution in [-0.2, 0) is 17.1 Å². The van der Waals surface area contributed by atoms with E-state index in [4.69, 9.17) is 0 Å². The Bertz CT molecular complexity index is 384. The highest BCUT2D eigenvalue weighted by Gasteiger charge is 2.16. The molecule has 1 heterocycles. The van der Waals surface area contributed by atoms with Gasteiger partial charge in [0.05, 0.1) is 6.20 Å². The summed E-state index contributed by atoms with van der Waals surface area (Å²) in [5.74, 6) is 0. The Morgan fingerprint density at radius 1 is 1.50 bits per heavy atom. The van der Waals surface area contributed by atoms with Gasteiger partial charge in [-0.15, -0.1) is 0 Å². The van der Waals surface area contributed by atoms with Gasteiger partial charge >= 0.3 is 0 Å². The third-order valence-corrected chi connectivity index (χ3v) is 3.25. The van der Waals surface area contributed by atoms with Gasteiger partial charge in [-0.2, -0.15) is 5.10 Å².